The number of hydroxylamine groups is 2. The average molecular weight is 424 g/mol. The monoisotopic (exact) mass is 423 g/mol. The molecule has 2 saturated heterocycles. The van der Waals surface area contributed by atoms with Crippen molar-refractivity contribution in [1.29, 1.82) is 0 Å². The van der Waals surface area contributed by atoms with Gasteiger partial charge in [-0.2, -0.15) is 0 Å². The Morgan fingerprint density at radius 3 is 2.77 bits per heavy atom. The van der Waals surface area contributed by atoms with Crippen LogP contribution in [-0.4, -0.2) is 89.6 Å². The number of piperidine rings is 1. The summed E-state index contributed by atoms with van der Waals surface area (Å²) < 4.78 is 0. The van der Waals surface area contributed by atoms with Crippen LogP contribution < -0.4 is 10.6 Å². The highest BCUT2D eigenvalue weighted by atomic mass is 16.5. The van der Waals surface area contributed by atoms with E-state index >= 15 is 0 Å². The molecular weight excluding hydrogens is 390 g/mol. The summed E-state index contributed by atoms with van der Waals surface area (Å²) in [6.45, 7) is 1.20. The van der Waals surface area contributed by atoms with E-state index in [0.717, 1.165) is 38.6 Å². The summed E-state index contributed by atoms with van der Waals surface area (Å²) in [5.74, 6) is -0.964. The van der Waals surface area contributed by atoms with Gasteiger partial charge in [0.2, 0.25) is 12.3 Å². The zero-order valence-electron chi connectivity index (χ0n) is 17.8. The smallest absolute Gasteiger partial charge is 0.321 e. The summed E-state index contributed by atoms with van der Waals surface area (Å²) in [6.07, 6.45) is 5.74. The van der Waals surface area contributed by atoms with Gasteiger partial charge in [0.15, 0.2) is 0 Å². The first kappa shape index (κ1) is 22.5. The Bertz CT molecular complexity index is 686. The predicted molar refractivity (Wildman–Crippen MR) is 107 cm³/mol. The van der Waals surface area contributed by atoms with Crippen LogP contribution in [-0.2, 0) is 14.4 Å². The van der Waals surface area contributed by atoms with Crippen LogP contribution in [0.2, 0.25) is 0 Å². The molecule has 3 rings (SSSR count). The number of imide groups is 1. The maximum absolute atomic E-state index is 13.3. The molecule has 0 aromatic rings. The van der Waals surface area contributed by atoms with Crippen LogP contribution in [0, 0.1) is 11.8 Å². The third-order valence-electron chi connectivity index (χ3n) is 6.86. The fourth-order valence-corrected chi connectivity index (χ4v) is 5.58. The molecule has 4 atom stereocenters. The summed E-state index contributed by atoms with van der Waals surface area (Å²) in [6, 6.07) is -1.25. The maximum Gasteiger partial charge on any atom is 0.321 e. The lowest BCUT2D eigenvalue weighted by Crippen LogP contribution is -2.63. The van der Waals surface area contributed by atoms with Gasteiger partial charge in [0.05, 0.1) is 12.5 Å². The van der Waals surface area contributed by atoms with Gasteiger partial charge in [-0.25, -0.2) is 9.86 Å². The zero-order chi connectivity index (χ0) is 21.9. The fourth-order valence-electron chi connectivity index (χ4n) is 5.58. The van der Waals surface area contributed by atoms with Crippen molar-refractivity contribution >= 4 is 24.3 Å². The number of rotatable bonds is 8. The Kier molecular flexibility index (Phi) is 6.97. The minimum atomic E-state index is -0.697. The molecule has 168 valence electrons. The number of amides is 5. The van der Waals surface area contributed by atoms with Crippen molar-refractivity contribution in [3.63, 3.8) is 0 Å². The van der Waals surface area contributed by atoms with Crippen LogP contribution in [0.15, 0.2) is 0 Å². The van der Waals surface area contributed by atoms with Gasteiger partial charge >= 0.3 is 6.03 Å². The molecule has 3 N–H and O–H groups in total. The lowest BCUT2D eigenvalue weighted by atomic mass is 9.74. The molecule has 2 aliphatic heterocycles. The maximum atomic E-state index is 13.3. The van der Waals surface area contributed by atoms with Crippen LogP contribution in [0.5, 0.6) is 0 Å². The van der Waals surface area contributed by atoms with Gasteiger partial charge in [-0.05, 0) is 65.1 Å². The number of hydrogen-bond acceptors (Lipinski definition) is 6. The van der Waals surface area contributed by atoms with Gasteiger partial charge in [-0.1, -0.05) is 6.42 Å². The van der Waals surface area contributed by atoms with E-state index in [-0.39, 0.29) is 23.9 Å². The first-order valence-electron chi connectivity index (χ1n) is 10.8. The Morgan fingerprint density at radius 1 is 1.30 bits per heavy atom. The third-order valence-corrected chi connectivity index (χ3v) is 6.86. The molecule has 0 radical (unpaired) electrons. The molecule has 3 fully saturated rings. The Morgan fingerprint density at radius 2 is 2.07 bits per heavy atom. The van der Waals surface area contributed by atoms with E-state index in [2.05, 4.69) is 10.6 Å². The second-order valence-corrected chi connectivity index (χ2v) is 9.02. The predicted octanol–water partition coefficient (Wildman–Crippen LogP) is 0.161. The van der Waals surface area contributed by atoms with E-state index in [4.69, 9.17) is 0 Å². The van der Waals surface area contributed by atoms with E-state index < -0.39 is 23.9 Å². The Labute approximate surface area is 176 Å². The van der Waals surface area contributed by atoms with E-state index in [9.17, 15) is 24.4 Å². The minimum Gasteiger partial charge on any atom is -0.338 e. The first-order chi connectivity index (χ1) is 14.3. The molecule has 0 aromatic heterocycles. The molecular formula is C20H33N5O5. The van der Waals surface area contributed by atoms with Crippen molar-refractivity contribution in [2.24, 2.45) is 11.8 Å². The number of nitrogens with zero attached hydrogens (tertiary/aromatic N) is 3. The quantitative estimate of drug-likeness (QED) is 0.221. The molecule has 2 heterocycles. The summed E-state index contributed by atoms with van der Waals surface area (Å²) in [7, 11) is 3.90. The summed E-state index contributed by atoms with van der Waals surface area (Å²) in [5, 5.41) is 15.2. The molecule has 5 amide bonds. The van der Waals surface area contributed by atoms with Crippen LogP contribution in [0.3, 0.4) is 0 Å². The van der Waals surface area contributed by atoms with E-state index in [1.54, 1.807) is 4.90 Å². The lowest BCUT2D eigenvalue weighted by Gasteiger charge is -2.49. The van der Waals surface area contributed by atoms with Crippen molar-refractivity contribution in [2.75, 3.05) is 33.7 Å². The number of urea groups is 1. The molecule has 2 unspecified atom stereocenters. The Hall–Kier alpha value is -2.20. The molecule has 3 aliphatic rings. The second kappa shape index (κ2) is 9.30. The first-order valence-corrected chi connectivity index (χ1v) is 10.8. The van der Waals surface area contributed by atoms with Crippen LogP contribution in [0.25, 0.3) is 0 Å². The van der Waals surface area contributed by atoms with Gasteiger partial charge in [0.25, 0.3) is 5.91 Å². The standard InChI is InChI=1S/C20H33N5O5/c1-23(2)10-4-9-21-19(29)22-17(27)16-6-8-20-7-3-5-15(20)11-14(12-24(30)13-26)18(28)25(16)20/h13-16,30H,3-12H2,1-2H3,(H2,21,22,27,29)/t14-,15?,16+,20?/m1/s1. The number of hydrogen-bond donors (Lipinski definition) is 3. The summed E-state index contributed by atoms with van der Waals surface area (Å²) >= 11 is 0. The van der Waals surface area contributed by atoms with E-state index in [1.165, 1.54) is 0 Å². The third kappa shape index (κ3) is 4.44. The van der Waals surface area contributed by atoms with Crippen molar-refractivity contribution < 1.29 is 24.4 Å². The van der Waals surface area contributed by atoms with Gasteiger partial charge < -0.3 is 15.1 Å². The van der Waals surface area contributed by atoms with Gasteiger partial charge in [0.1, 0.15) is 6.04 Å². The lowest BCUT2D eigenvalue weighted by molar-refractivity contribution is -0.166. The molecule has 1 spiro atoms. The van der Waals surface area contributed by atoms with Gasteiger partial charge in [-0.3, -0.25) is 24.9 Å². The topological polar surface area (TPSA) is 122 Å². The highest BCUT2D eigenvalue weighted by Crippen LogP contribution is 2.54. The van der Waals surface area contributed by atoms with Crippen molar-refractivity contribution in [1.82, 2.24) is 25.5 Å². The normalized spacial score (nSPS) is 30.1. The van der Waals surface area contributed by atoms with Crippen molar-refractivity contribution in [3.05, 3.63) is 0 Å². The highest BCUT2D eigenvalue weighted by Gasteiger charge is 2.61. The molecule has 30 heavy (non-hydrogen) atoms. The minimum absolute atomic E-state index is 0.0773. The van der Waals surface area contributed by atoms with Gasteiger partial charge in [0, 0.05) is 12.1 Å². The Balaban J connectivity index is 1.65. The zero-order valence-corrected chi connectivity index (χ0v) is 17.8. The average Bonchev–Trinajstić information content (AvgIpc) is 3.29. The molecule has 0 aromatic carbocycles. The molecule has 0 bridgehead atoms. The fraction of sp³-hybridized carbons (Fsp3) is 0.800. The van der Waals surface area contributed by atoms with Crippen molar-refractivity contribution in [3.8, 4) is 0 Å². The van der Waals surface area contributed by atoms with Crippen LogP contribution >= 0.6 is 0 Å². The summed E-state index contributed by atoms with van der Waals surface area (Å²) in [4.78, 5) is 52.8. The largest absolute Gasteiger partial charge is 0.338 e. The van der Waals surface area contributed by atoms with Crippen LogP contribution in [0.4, 0.5) is 4.79 Å². The van der Waals surface area contributed by atoms with Gasteiger partial charge in [-0.15, -0.1) is 0 Å². The van der Waals surface area contributed by atoms with Crippen LogP contribution in [0.1, 0.15) is 44.9 Å². The molecule has 10 heteroatoms. The number of carbonyl (C=O) groups is 4. The SMILES string of the molecule is CN(C)CCCNC(=O)NC(=O)[C@@H]1CCC23CCCC2C[C@H](CN(O)C=O)C(=O)N13. The number of nitrogens with one attached hydrogen (secondary N) is 2. The second-order valence-electron chi connectivity index (χ2n) is 9.02. The number of carbonyl (C=O) groups excluding carboxylic acids is 4. The highest BCUT2D eigenvalue weighted by molar-refractivity contribution is 5.99. The van der Waals surface area contributed by atoms with E-state index in [0.29, 0.717) is 30.9 Å². The van der Waals surface area contributed by atoms with Crippen molar-refractivity contribution in [2.45, 2.75) is 56.5 Å². The molecule has 1 aliphatic carbocycles. The van der Waals surface area contributed by atoms with E-state index in [1.807, 2.05) is 19.0 Å². The molecule has 1 saturated carbocycles. The summed E-state index contributed by atoms with van der Waals surface area (Å²) in [5.41, 5.74) is -0.334. The molecule has 10 nitrogen and oxygen atoms in total.